The minimum Gasteiger partial charge on any atom is -0.331 e. The zero-order valence-corrected chi connectivity index (χ0v) is 14.9. The SMILES string of the molecule is C[C@H](NC(=O)N(C)C[C@@H]1CCN(C)C1)c1csc2ccccc12. The molecule has 1 aromatic heterocycles. The van der Waals surface area contributed by atoms with E-state index in [0.29, 0.717) is 5.92 Å². The molecule has 5 heteroatoms. The van der Waals surface area contributed by atoms with Crippen LogP contribution in [0.25, 0.3) is 10.1 Å². The summed E-state index contributed by atoms with van der Waals surface area (Å²) < 4.78 is 1.27. The van der Waals surface area contributed by atoms with Crippen molar-refractivity contribution in [3.8, 4) is 0 Å². The molecule has 124 valence electrons. The normalized spacial score (nSPS) is 19.9. The minimum atomic E-state index is 0.0161. The minimum absolute atomic E-state index is 0.0161. The van der Waals surface area contributed by atoms with Crippen molar-refractivity contribution < 1.29 is 4.79 Å². The van der Waals surface area contributed by atoms with Gasteiger partial charge in [-0.15, -0.1) is 11.3 Å². The van der Waals surface area contributed by atoms with Gasteiger partial charge in [0.1, 0.15) is 0 Å². The summed E-state index contributed by atoms with van der Waals surface area (Å²) in [6.07, 6.45) is 1.18. The number of amides is 2. The molecule has 1 N–H and O–H groups in total. The number of urea groups is 1. The molecule has 0 aliphatic carbocycles. The van der Waals surface area contributed by atoms with Crippen molar-refractivity contribution in [2.45, 2.75) is 19.4 Å². The van der Waals surface area contributed by atoms with E-state index in [1.54, 1.807) is 11.3 Å². The monoisotopic (exact) mass is 331 g/mol. The van der Waals surface area contributed by atoms with Gasteiger partial charge in [0.05, 0.1) is 6.04 Å². The second-order valence-corrected chi connectivity index (χ2v) is 7.57. The lowest BCUT2D eigenvalue weighted by Gasteiger charge is -2.24. The van der Waals surface area contributed by atoms with Crippen molar-refractivity contribution in [1.29, 1.82) is 0 Å². The Hall–Kier alpha value is -1.59. The van der Waals surface area contributed by atoms with Gasteiger partial charge in [-0.2, -0.15) is 0 Å². The van der Waals surface area contributed by atoms with Crippen LogP contribution in [0.15, 0.2) is 29.6 Å². The van der Waals surface area contributed by atoms with Crippen LogP contribution < -0.4 is 5.32 Å². The Balaban J connectivity index is 1.60. The zero-order valence-electron chi connectivity index (χ0n) is 14.1. The Morgan fingerprint density at radius 2 is 2.26 bits per heavy atom. The largest absolute Gasteiger partial charge is 0.331 e. The van der Waals surface area contributed by atoms with Crippen LogP contribution in [0.3, 0.4) is 0 Å². The standard InChI is InChI=1S/C18H25N3OS/c1-13(16-12-23-17-7-5-4-6-15(16)17)19-18(22)21(3)11-14-8-9-20(2)10-14/h4-7,12-14H,8-11H2,1-3H3,(H,19,22)/t13-,14+/m0/s1. The van der Waals surface area contributed by atoms with Gasteiger partial charge < -0.3 is 15.1 Å². The molecule has 1 aliphatic rings. The van der Waals surface area contributed by atoms with Crippen molar-refractivity contribution >= 4 is 27.5 Å². The average Bonchev–Trinajstić information content (AvgIpc) is 3.13. The molecule has 1 saturated heterocycles. The van der Waals surface area contributed by atoms with Crippen molar-refractivity contribution in [1.82, 2.24) is 15.1 Å². The summed E-state index contributed by atoms with van der Waals surface area (Å²) in [5, 5.41) is 6.53. The lowest BCUT2D eigenvalue weighted by molar-refractivity contribution is 0.197. The molecule has 1 aromatic carbocycles. The van der Waals surface area contributed by atoms with Crippen LogP contribution in [-0.4, -0.2) is 49.6 Å². The van der Waals surface area contributed by atoms with Gasteiger partial charge in [0, 0.05) is 24.8 Å². The molecule has 3 rings (SSSR count). The predicted molar refractivity (Wildman–Crippen MR) is 97.0 cm³/mol. The van der Waals surface area contributed by atoms with Gasteiger partial charge >= 0.3 is 6.03 Å². The van der Waals surface area contributed by atoms with Crippen LogP contribution >= 0.6 is 11.3 Å². The fourth-order valence-corrected chi connectivity index (χ4v) is 4.41. The van der Waals surface area contributed by atoms with Crippen molar-refractivity contribution in [3.63, 3.8) is 0 Å². The van der Waals surface area contributed by atoms with E-state index in [1.165, 1.54) is 22.1 Å². The highest BCUT2D eigenvalue weighted by molar-refractivity contribution is 7.17. The van der Waals surface area contributed by atoms with Crippen LogP contribution in [-0.2, 0) is 0 Å². The molecular formula is C18H25N3OS. The zero-order chi connectivity index (χ0) is 16.4. The summed E-state index contributed by atoms with van der Waals surface area (Å²) in [5.41, 5.74) is 1.20. The smallest absolute Gasteiger partial charge is 0.317 e. The van der Waals surface area contributed by atoms with Gasteiger partial charge in [-0.1, -0.05) is 18.2 Å². The van der Waals surface area contributed by atoms with E-state index in [1.807, 2.05) is 11.9 Å². The average molecular weight is 331 g/mol. The second kappa shape index (κ2) is 6.89. The van der Waals surface area contributed by atoms with E-state index < -0.39 is 0 Å². The fraction of sp³-hybridized carbons (Fsp3) is 0.500. The van der Waals surface area contributed by atoms with Crippen molar-refractivity contribution in [2.75, 3.05) is 33.7 Å². The summed E-state index contributed by atoms with van der Waals surface area (Å²) in [5.74, 6) is 0.591. The third-order valence-corrected chi connectivity index (χ3v) is 5.67. The maximum absolute atomic E-state index is 12.5. The first kappa shape index (κ1) is 16.3. The maximum Gasteiger partial charge on any atom is 0.317 e. The molecule has 0 spiro atoms. The van der Waals surface area contributed by atoms with Crippen LogP contribution in [0.1, 0.15) is 24.9 Å². The third kappa shape index (κ3) is 3.67. The summed E-state index contributed by atoms with van der Waals surface area (Å²) in [4.78, 5) is 16.6. The lowest BCUT2D eigenvalue weighted by Crippen LogP contribution is -2.41. The molecule has 2 heterocycles. The summed E-state index contributed by atoms with van der Waals surface area (Å²) in [7, 11) is 4.04. The molecule has 2 atom stereocenters. The molecule has 0 radical (unpaired) electrons. The van der Waals surface area contributed by atoms with E-state index in [2.05, 4.69) is 53.8 Å². The molecule has 23 heavy (non-hydrogen) atoms. The number of hydrogen-bond donors (Lipinski definition) is 1. The Morgan fingerprint density at radius 3 is 3.00 bits per heavy atom. The summed E-state index contributed by atoms with van der Waals surface area (Å²) in [6.45, 7) is 5.11. The van der Waals surface area contributed by atoms with E-state index in [0.717, 1.165) is 19.6 Å². The van der Waals surface area contributed by atoms with E-state index in [-0.39, 0.29) is 12.1 Å². The Morgan fingerprint density at radius 1 is 1.48 bits per heavy atom. The predicted octanol–water partition coefficient (Wildman–Crippen LogP) is 3.56. The first-order chi connectivity index (χ1) is 11.0. The van der Waals surface area contributed by atoms with Crippen molar-refractivity contribution in [2.24, 2.45) is 5.92 Å². The second-order valence-electron chi connectivity index (χ2n) is 6.66. The molecule has 2 aromatic rings. The van der Waals surface area contributed by atoms with Gasteiger partial charge in [-0.05, 0) is 55.3 Å². The van der Waals surface area contributed by atoms with Gasteiger partial charge in [0.2, 0.25) is 0 Å². The van der Waals surface area contributed by atoms with Crippen LogP contribution in [0.2, 0.25) is 0 Å². The Bertz CT molecular complexity index is 684. The first-order valence-corrected chi connectivity index (χ1v) is 9.09. The molecule has 0 unspecified atom stereocenters. The number of nitrogens with zero attached hydrogens (tertiary/aromatic N) is 2. The van der Waals surface area contributed by atoms with Gasteiger partial charge in [0.25, 0.3) is 0 Å². The van der Waals surface area contributed by atoms with Crippen LogP contribution in [0, 0.1) is 5.92 Å². The van der Waals surface area contributed by atoms with Gasteiger partial charge in [0.15, 0.2) is 0 Å². The summed E-state index contributed by atoms with van der Waals surface area (Å²) >= 11 is 1.73. The molecule has 0 saturated carbocycles. The number of rotatable bonds is 4. The third-order valence-electron chi connectivity index (χ3n) is 4.69. The maximum atomic E-state index is 12.5. The van der Waals surface area contributed by atoms with Gasteiger partial charge in [-0.25, -0.2) is 4.79 Å². The molecule has 0 bridgehead atoms. The topological polar surface area (TPSA) is 35.6 Å². The van der Waals surface area contributed by atoms with E-state index in [4.69, 9.17) is 0 Å². The highest BCUT2D eigenvalue weighted by Crippen LogP contribution is 2.30. The molecule has 1 fully saturated rings. The number of fused-ring (bicyclic) bond motifs is 1. The molecule has 1 aliphatic heterocycles. The number of nitrogens with one attached hydrogen (secondary N) is 1. The Kier molecular flexibility index (Phi) is 4.87. The molecule has 4 nitrogen and oxygen atoms in total. The highest BCUT2D eigenvalue weighted by atomic mass is 32.1. The number of carbonyl (C=O) groups excluding carboxylic acids is 1. The van der Waals surface area contributed by atoms with Gasteiger partial charge in [-0.3, -0.25) is 0 Å². The van der Waals surface area contributed by atoms with E-state index >= 15 is 0 Å². The molecular weight excluding hydrogens is 306 g/mol. The number of likely N-dealkylation sites (tertiary alicyclic amines) is 1. The lowest BCUT2D eigenvalue weighted by atomic mass is 10.1. The Labute approximate surface area is 142 Å². The fourth-order valence-electron chi connectivity index (χ4n) is 3.35. The van der Waals surface area contributed by atoms with Crippen LogP contribution in [0.4, 0.5) is 4.79 Å². The quantitative estimate of drug-likeness (QED) is 0.930. The number of hydrogen-bond acceptors (Lipinski definition) is 3. The number of carbonyl (C=O) groups is 1. The van der Waals surface area contributed by atoms with Crippen molar-refractivity contribution in [3.05, 3.63) is 35.2 Å². The number of thiophene rings is 1. The molecule has 2 amide bonds. The first-order valence-electron chi connectivity index (χ1n) is 8.21. The number of benzene rings is 1. The highest BCUT2D eigenvalue weighted by Gasteiger charge is 2.23. The van der Waals surface area contributed by atoms with Crippen LogP contribution in [0.5, 0.6) is 0 Å². The summed E-state index contributed by atoms with van der Waals surface area (Å²) in [6, 6.07) is 8.39. The van der Waals surface area contributed by atoms with E-state index in [9.17, 15) is 4.79 Å².